The number of nitrogens with one attached hydrogen (secondary N) is 2. The van der Waals surface area contributed by atoms with Crippen LogP contribution in [-0.2, 0) is 9.59 Å². The largest absolute Gasteiger partial charge is 0.368 e. The van der Waals surface area contributed by atoms with E-state index in [2.05, 4.69) is 10.6 Å². The van der Waals surface area contributed by atoms with Crippen LogP contribution in [0.1, 0.15) is 6.42 Å². The standard InChI is InChI=1S/C12H15N3O2/c13-11(16)10-6-8(7-14-10)12(17)15-9-4-2-1-3-5-9/h1-5,8,10,14H,6-7H2,(H2,13,16)(H,15,17)/t8?,10-/m0/s1. The molecule has 1 unspecified atom stereocenters. The zero-order valence-corrected chi connectivity index (χ0v) is 9.35. The molecule has 17 heavy (non-hydrogen) atoms. The molecular weight excluding hydrogens is 218 g/mol. The van der Waals surface area contributed by atoms with Crippen LogP contribution in [0.5, 0.6) is 0 Å². The maximum atomic E-state index is 11.9. The second-order valence-electron chi connectivity index (χ2n) is 4.15. The Morgan fingerprint density at radius 2 is 2.00 bits per heavy atom. The van der Waals surface area contributed by atoms with E-state index in [1.807, 2.05) is 30.3 Å². The Kier molecular flexibility index (Phi) is 3.39. The summed E-state index contributed by atoms with van der Waals surface area (Å²) in [5.74, 6) is -0.680. The molecule has 4 N–H and O–H groups in total. The zero-order chi connectivity index (χ0) is 12.3. The number of amides is 2. The number of carbonyl (C=O) groups is 2. The Labute approximate surface area is 99.4 Å². The summed E-state index contributed by atoms with van der Waals surface area (Å²) < 4.78 is 0. The summed E-state index contributed by atoms with van der Waals surface area (Å²) in [4.78, 5) is 22.8. The van der Waals surface area contributed by atoms with Crippen molar-refractivity contribution < 1.29 is 9.59 Å². The van der Waals surface area contributed by atoms with Gasteiger partial charge in [-0.1, -0.05) is 18.2 Å². The average molecular weight is 233 g/mol. The van der Waals surface area contributed by atoms with Crippen molar-refractivity contribution in [3.05, 3.63) is 30.3 Å². The number of para-hydroxylation sites is 1. The van der Waals surface area contributed by atoms with E-state index >= 15 is 0 Å². The average Bonchev–Trinajstić information content (AvgIpc) is 2.79. The highest BCUT2D eigenvalue weighted by atomic mass is 16.2. The molecule has 90 valence electrons. The second kappa shape index (κ2) is 4.97. The first-order chi connectivity index (χ1) is 8.16. The Balaban J connectivity index is 1.92. The molecule has 1 aromatic rings. The molecule has 1 aliphatic heterocycles. The zero-order valence-electron chi connectivity index (χ0n) is 9.35. The van der Waals surface area contributed by atoms with E-state index in [0.29, 0.717) is 13.0 Å². The normalized spacial score (nSPS) is 23.3. The first-order valence-electron chi connectivity index (χ1n) is 5.55. The minimum Gasteiger partial charge on any atom is -0.368 e. The van der Waals surface area contributed by atoms with Crippen LogP contribution in [0.15, 0.2) is 30.3 Å². The number of primary amides is 1. The predicted octanol–water partition coefficient (Wildman–Crippen LogP) is 0.0885. The molecule has 2 rings (SSSR count). The lowest BCUT2D eigenvalue weighted by Crippen LogP contribution is -2.36. The van der Waals surface area contributed by atoms with Gasteiger partial charge in [0.25, 0.3) is 0 Å². The van der Waals surface area contributed by atoms with Gasteiger partial charge in [0.2, 0.25) is 11.8 Å². The summed E-state index contributed by atoms with van der Waals surface area (Å²) in [6.45, 7) is 0.492. The minimum atomic E-state index is -0.403. The molecule has 5 heteroatoms. The molecule has 5 nitrogen and oxygen atoms in total. The van der Waals surface area contributed by atoms with Gasteiger partial charge in [-0.15, -0.1) is 0 Å². The maximum Gasteiger partial charge on any atom is 0.234 e. The third kappa shape index (κ3) is 2.82. The number of carbonyl (C=O) groups excluding carboxylic acids is 2. The lowest BCUT2D eigenvalue weighted by Gasteiger charge is -2.09. The van der Waals surface area contributed by atoms with Gasteiger partial charge >= 0.3 is 0 Å². The van der Waals surface area contributed by atoms with Crippen molar-refractivity contribution in [1.82, 2.24) is 5.32 Å². The van der Waals surface area contributed by atoms with E-state index in [1.54, 1.807) is 0 Å². The van der Waals surface area contributed by atoms with Gasteiger partial charge in [0.05, 0.1) is 12.0 Å². The van der Waals surface area contributed by atoms with Crippen molar-refractivity contribution >= 4 is 17.5 Å². The number of benzene rings is 1. The molecule has 0 aromatic heterocycles. The molecule has 2 atom stereocenters. The van der Waals surface area contributed by atoms with E-state index in [4.69, 9.17) is 5.73 Å². The fraction of sp³-hybridized carbons (Fsp3) is 0.333. The molecule has 1 saturated heterocycles. The molecule has 1 fully saturated rings. The predicted molar refractivity (Wildman–Crippen MR) is 64.2 cm³/mol. The van der Waals surface area contributed by atoms with E-state index in [0.717, 1.165) is 5.69 Å². The van der Waals surface area contributed by atoms with Crippen LogP contribution in [0.3, 0.4) is 0 Å². The van der Waals surface area contributed by atoms with Gasteiger partial charge in [-0.2, -0.15) is 0 Å². The highest BCUT2D eigenvalue weighted by molar-refractivity contribution is 5.94. The molecule has 0 saturated carbocycles. The minimum absolute atomic E-state index is 0.0764. The van der Waals surface area contributed by atoms with Crippen molar-refractivity contribution in [2.45, 2.75) is 12.5 Å². The third-order valence-electron chi connectivity index (χ3n) is 2.89. The summed E-state index contributed by atoms with van der Waals surface area (Å²) in [5, 5.41) is 5.75. The van der Waals surface area contributed by atoms with Crippen molar-refractivity contribution in [3.63, 3.8) is 0 Å². The van der Waals surface area contributed by atoms with Gasteiger partial charge in [0, 0.05) is 12.2 Å². The van der Waals surface area contributed by atoms with Crippen LogP contribution < -0.4 is 16.4 Å². The first kappa shape index (κ1) is 11.6. The third-order valence-corrected chi connectivity index (χ3v) is 2.89. The highest BCUT2D eigenvalue weighted by Gasteiger charge is 2.32. The van der Waals surface area contributed by atoms with Gasteiger partial charge in [0.1, 0.15) is 0 Å². The van der Waals surface area contributed by atoms with E-state index in [-0.39, 0.29) is 17.9 Å². The van der Waals surface area contributed by atoms with Crippen LogP contribution in [-0.4, -0.2) is 24.4 Å². The smallest absolute Gasteiger partial charge is 0.234 e. The van der Waals surface area contributed by atoms with E-state index in [9.17, 15) is 9.59 Å². The SMILES string of the molecule is NC(=O)[C@@H]1CC(C(=O)Nc2ccccc2)CN1. The molecule has 1 aromatic carbocycles. The molecule has 0 aliphatic carbocycles. The monoisotopic (exact) mass is 233 g/mol. The van der Waals surface area contributed by atoms with E-state index in [1.165, 1.54) is 0 Å². The topological polar surface area (TPSA) is 84.2 Å². The number of nitrogens with two attached hydrogens (primary N) is 1. The van der Waals surface area contributed by atoms with Crippen LogP contribution >= 0.6 is 0 Å². The molecule has 1 aliphatic rings. The summed E-state index contributed by atoms with van der Waals surface area (Å²) in [6, 6.07) is 8.86. The van der Waals surface area contributed by atoms with Crippen LogP contribution in [0, 0.1) is 5.92 Å². The van der Waals surface area contributed by atoms with Crippen molar-refractivity contribution in [3.8, 4) is 0 Å². The number of anilines is 1. The van der Waals surface area contributed by atoms with Gasteiger partial charge in [-0.05, 0) is 18.6 Å². The van der Waals surface area contributed by atoms with E-state index < -0.39 is 5.91 Å². The number of hydrogen-bond donors (Lipinski definition) is 3. The second-order valence-corrected chi connectivity index (χ2v) is 4.15. The Bertz CT molecular complexity index is 419. The summed E-state index contributed by atoms with van der Waals surface area (Å²) in [7, 11) is 0. The summed E-state index contributed by atoms with van der Waals surface area (Å²) >= 11 is 0. The van der Waals surface area contributed by atoms with Gasteiger partial charge in [-0.3, -0.25) is 9.59 Å². The van der Waals surface area contributed by atoms with Gasteiger partial charge < -0.3 is 16.4 Å². The Hall–Kier alpha value is -1.88. The lowest BCUT2D eigenvalue weighted by molar-refractivity contribution is -0.120. The fourth-order valence-electron chi connectivity index (χ4n) is 1.92. The van der Waals surface area contributed by atoms with Crippen LogP contribution in [0.2, 0.25) is 0 Å². The molecule has 1 heterocycles. The van der Waals surface area contributed by atoms with Crippen molar-refractivity contribution in [2.75, 3.05) is 11.9 Å². The number of rotatable bonds is 3. The van der Waals surface area contributed by atoms with Crippen molar-refractivity contribution in [1.29, 1.82) is 0 Å². The molecular formula is C12H15N3O2. The van der Waals surface area contributed by atoms with Crippen LogP contribution in [0.25, 0.3) is 0 Å². The molecule has 0 radical (unpaired) electrons. The quantitative estimate of drug-likeness (QED) is 0.691. The summed E-state index contributed by atoms with van der Waals surface area (Å²) in [5.41, 5.74) is 5.94. The van der Waals surface area contributed by atoms with Gasteiger partial charge in [-0.25, -0.2) is 0 Å². The molecule has 2 amide bonds. The molecule has 0 bridgehead atoms. The Morgan fingerprint density at radius 1 is 1.29 bits per heavy atom. The fourth-order valence-corrected chi connectivity index (χ4v) is 1.92. The first-order valence-corrected chi connectivity index (χ1v) is 5.55. The molecule has 0 spiro atoms. The van der Waals surface area contributed by atoms with Crippen LogP contribution in [0.4, 0.5) is 5.69 Å². The van der Waals surface area contributed by atoms with Crippen molar-refractivity contribution in [2.24, 2.45) is 11.7 Å². The Morgan fingerprint density at radius 3 is 2.59 bits per heavy atom. The highest BCUT2D eigenvalue weighted by Crippen LogP contribution is 2.16. The lowest BCUT2D eigenvalue weighted by atomic mass is 10.0. The summed E-state index contributed by atoms with van der Waals surface area (Å²) in [6.07, 6.45) is 0.466. The maximum absolute atomic E-state index is 11.9. The number of hydrogen-bond acceptors (Lipinski definition) is 3. The van der Waals surface area contributed by atoms with Gasteiger partial charge in [0.15, 0.2) is 0 Å².